The summed E-state index contributed by atoms with van der Waals surface area (Å²) in [5.41, 5.74) is 1.08. The van der Waals surface area contributed by atoms with Crippen LogP contribution in [0.3, 0.4) is 0 Å². The number of benzene rings is 1. The molecule has 0 unspecified atom stereocenters. The smallest absolute Gasteiger partial charge is 0.263 e. The predicted octanol–water partition coefficient (Wildman–Crippen LogP) is 2.88. The quantitative estimate of drug-likeness (QED) is 0.753. The number of fused-ring (bicyclic) bond motifs is 1. The summed E-state index contributed by atoms with van der Waals surface area (Å²) in [5.74, 6) is 0. The molecule has 0 atom stereocenters. The second kappa shape index (κ2) is 7.60. The Morgan fingerprint density at radius 3 is 2.54 bits per heavy atom. The van der Waals surface area contributed by atoms with E-state index >= 15 is 0 Å². The molecule has 0 bridgehead atoms. The van der Waals surface area contributed by atoms with E-state index in [4.69, 9.17) is 5.41 Å². The number of hydrogen-bond donors (Lipinski definition) is 1. The van der Waals surface area contributed by atoms with Crippen molar-refractivity contribution in [3.05, 3.63) is 62.6 Å². The predicted molar refractivity (Wildman–Crippen MR) is 106 cm³/mol. The number of rotatable bonds is 5. The lowest BCUT2D eigenvalue weighted by Gasteiger charge is -2.27. The summed E-state index contributed by atoms with van der Waals surface area (Å²) in [4.78, 5) is 16.5. The molecule has 1 aromatic carbocycles. The lowest BCUT2D eigenvalue weighted by Crippen LogP contribution is -2.42. The molecule has 1 aliphatic heterocycles. The first-order valence-corrected chi connectivity index (χ1v) is 10.1. The Balaban J connectivity index is 1.74. The standard InChI is InChI=1S/C20H24N4OS/c21-20-23(13-12-22-10-4-1-5-11-22)18-9-3-2-8-17(18)19(25)24(20)15-16-7-6-14-26-16/h2-3,6-9,14,21H,1,4-5,10-13,15H2. The maximum Gasteiger partial charge on any atom is 0.263 e. The summed E-state index contributed by atoms with van der Waals surface area (Å²) in [6.07, 6.45) is 3.84. The summed E-state index contributed by atoms with van der Waals surface area (Å²) in [7, 11) is 0. The van der Waals surface area contributed by atoms with Crippen LogP contribution in [-0.2, 0) is 13.1 Å². The average Bonchev–Trinajstić information content (AvgIpc) is 3.19. The molecule has 26 heavy (non-hydrogen) atoms. The van der Waals surface area contributed by atoms with Gasteiger partial charge in [-0.3, -0.25) is 14.8 Å². The summed E-state index contributed by atoms with van der Waals surface area (Å²) >= 11 is 1.62. The van der Waals surface area contributed by atoms with Crippen molar-refractivity contribution in [2.75, 3.05) is 19.6 Å². The first kappa shape index (κ1) is 17.2. The van der Waals surface area contributed by atoms with Crippen LogP contribution >= 0.6 is 11.3 Å². The Morgan fingerprint density at radius 2 is 1.77 bits per heavy atom. The van der Waals surface area contributed by atoms with Crippen molar-refractivity contribution in [3.8, 4) is 0 Å². The second-order valence-electron chi connectivity index (χ2n) is 6.87. The third-order valence-electron chi connectivity index (χ3n) is 5.16. The van der Waals surface area contributed by atoms with Crippen LogP contribution < -0.4 is 11.2 Å². The minimum absolute atomic E-state index is 0.0757. The van der Waals surface area contributed by atoms with E-state index < -0.39 is 0 Å². The van der Waals surface area contributed by atoms with Crippen molar-refractivity contribution in [2.45, 2.75) is 32.4 Å². The maximum absolute atomic E-state index is 13.0. The highest BCUT2D eigenvalue weighted by Crippen LogP contribution is 2.12. The van der Waals surface area contributed by atoms with Gasteiger partial charge in [-0.1, -0.05) is 24.6 Å². The molecule has 0 saturated carbocycles. The van der Waals surface area contributed by atoms with Gasteiger partial charge in [0.1, 0.15) is 0 Å². The van der Waals surface area contributed by atoms with Crippen LogP contribution in [0, 0.1) is 5.41 Å². The lowest BCUT2D eigenvalue weighted by atomic mass is 10.1. The van der Waals surface area contributed by atoms with Crippen LogP contribution in [0.1, 0.15) is 24.1 Å². The maximum atomic E-state index is 13.0. The van der Waals surface area contributed by atoms with Gasteiger partial charge in [-0.15, -0.1) is 11.3 Å². The summed E-state index contributed by atoms with van der Waals surface area (Å²) < 4.78 is 3.60. The molecule has 3 heterocycles. The van der Waals surface area contributed by atoms with E-state index in [1.54, 1.807) is 15.9 Å². The fraction of sp³-hybridized carbons (Fsp3) is 0.400. The number of thiophene rings is 1. The Morgan fingerprint density at radius 1 is 0.962 bits per heavy atom. The normalized spacial score (nSPS) is 15.5. The second-order valence-corrected chi connectivity index (χ2v) is 7.90. The van der Waals surface area contributed by atoms with E-state index in [0.29, 0.717) is 17.5 Å². The third-order valence-corrected chi connectivity index (χ3v) is 6.03. The molecule has 136 valence electrons. The van der Waals surface area contributed by atoms with Crippen molar-refractivity contribution < 1.29 is 0 Å². The Bertz CT molecular complexity index is 997. The molecule has 3 aromatic rings. The highest BCUT2D eigenvalue weighted by molar-refractivity contribution is 7.09. The highest BCUT2D eigenvalue weighted by Gasteiger charge is 2.14. The SMILES string of the molecule is N=c1n(Cc2cccs2)c(=O)c2ccccc2n1CCN1CCCCC1. The molecule has 1 fully saturated rings. The van der Waals surface area contributed by atoms with Gasteiger partial charge in [-0.25, -0.2) is 0 Å². The Hall–Kier alpha value is -2.18. The van der Waals surface area contributed by atoms with E-state index in [1.807, 2.05) is 46.3 Å². The zero-order valence-corrected chi connectivity index (χ0v) is 15.7. The van der Waals surface area contributed by atoms with E-state index in [-0.39, 0.29) is 5.56 Å². The van der Waals surface area contributed by atoms with Crippen molar-refractivity contribution in [2.24, 2.45) is 0 Å². The molecule has 2 aromatic heterocycles. The molecule has 6 heteroatoms. The number of para-hydroxylation sites is 1. The van der Waals surface area contributed by atoms with Crippen LogP contribution in [0.25, 0.3) is 10.9 Å². The van der Waals surface area contributed by atoms with Crippen LogP contribution in [-0.4, -0.2) is 33.7 Å². The Kier molecular flexibility index (Phi) is 5.04. The summed E-state index contributed by atoms with van der Waals surface area (Å²) in [5, 5.41) is 11.4. The molecule has 1 N–H and O–H groups in total. The van der Waals surface area contributed by atoms with Crippen LogP contribution in [0.15, 0.2) is 46.6 Å². The van der Waals surface area contributed by atoms with E-state index in [2.05, 4.69) is 4.90 Å². The minimum atomic E-state index is -0.0757. The van der Waals surface area contributed by atoms with E-state index in [1.165, 1.54) is 19.3 Å². The molecule has 0 spiro atoms. The molecule has 1 saturated heterocycles. The molecule has 0 aliphatic carbocycles. The van der Waals surface area contributed by atoms with Crippen molar-refractivity contribution >= 4 is 22.2 Å². The summed E-state index contributed by atoms with van der Waals surface area (Å²) in [6, 6.07) is 11.7. The monoisotopic (exact) mass is 368 g/mol. The molecule has 5 nitrogen and oxygen atoms in total. The number of aromatic nitrogens is 2. The first-order chi connectivity index (χ1) is 12.7. The number of hydrogen-bond acceptors (Lipinski definition) is 4. The fourth-order valence-electron chi connectivity index (χ4n) is 3.75. The van der Waals surface area contributed by atoms with Gasteiger partial charge in [0, 0.05) is 18.0 Å². The van der Waals surface area contributed by atoms with Gasteiger partial charge in [0.25, 0.3) is 5.56 Å². The molecule has 1 aliphatic rings. The van der Waals surface area contributed by atoms with E-state index in [0.717, 1.165) is 36.6 Å². The van der Waals surface area contributed by atoms with E-state index in [9.17, 15) is 4.79 Å². The molecule has 4 rings (SSSR count). The van der Waals surface area contributed by atoms with Crippen LogP contribution in [0.4, 0.5) is 0 Å². The van der Waals surface area contributed by atoms with Crippen molar-refractivity contribution in [3.63, 3.8) is 0 Å². The van der Waals surface area contributed by atoms with Gasteiger partial charge in [0.2, 0.25) is 5.62 Å². The van der Waals surface area contributed by atoms with Gasteiger partial charge in [0.15, 0.2) is 0 Å². The van der Waals surface area contributed by atoms with Gasteiger partial charge < -0.3 is 9.47 Å². The topological polar surface area (TPSA) is 54.0 Å². The first-order valence-electron chi connectivity index (χ1n) is 9.26. The van der Waals surface area contributed by atoms with Gasteiger partial charge in [-0.05, 0) is 49.5 Å². The number of nitrogens with one attached hydrogen (secondary N) is 1. The third kappa shape index (κ3) is 3.39. The molecule has 0 radical (unpaired) electrons. The van der Waals surface area contributed by atoms with Crippen LogP contribution in [0.2, 0.25) is 0 Å². The molecular weight excluding hydrogens is 344 g/mol. The molecule has 0 amide bonds. The van der Waals surface area contributed by atoms with Gasteiger partial charge in [-0.2, -0.15) is 0 Å². The minimum Gasteiger partial charge on any atom is -0.310 e. The Labute approximate surface area is 156 Å². The lowest BCUT2D eigenvalue weighted by molar-refractivity contribution is 0.219. The van der Waals surface area contributed by atoms with Gasteiger partial charge >= 0.3 is 0 Å². The average molecular weight is 369 g/mol. The molecular formula is C20H24N4OS. The van der Waals surface area contributed by atoms with Crippen molar-refractivity contribution in [1.82, 2.24) is 14.0 Å². The van der Waals surface area contributed by atoms with Crippen LogP contribution in [0.5, 0.6) is 0 Å². The van der Waals surface area contributed by atoms with Gasteiger partial charge in [0.05, 0.1) is 17.4 Å². The largest absolute Gasteiger partial charge is 0.310 e. The zero-order chi connectivity index (χ0) is 17.9. The highest BCUT2D eigenvalue weighted by atomic mass is 32.1. The number of piperidine rings is 1. The summed E-state index contributed by atoms with van der Waals surface area (Å²) in [6.45, 7) is 4.41. The fourth-order valence-corrected chi connectivity index (χ4v) is 4.44. The van der Waals surface area contributed by atoms with Crippen molar-refractivity contribution in [1.29, 1.82) is 5.41 Å². The number of likely N-dealkylation sites (tertiary alicyclic amines) is 1. The zero-order valence-electron chi connectivity index (χ0n) is 14.9. The number of nitrogens with zero attached hydrogens (tertiary/aromatic N) is 3.